The van der Waals surface area contributed by atoms with Crippen molar-refractivity contribution in [2.24, 2.45) is 5.41 Å². The normalized spacial score (nSPS) is 22.2. The molecule has 0 bridgehead atoms. The summed E-state index contributed by atoms with van der Waals surface area (Å²) in [6.07, 6.45) is 1.95. The minimum atomic E-state index is -0.439. The Bertz CT molecular complexity index is 538. The number of aromatic nitrogens is 1. The zero-order valence-corrected chi connectivity index (χ0v) is 15.8. The van der Waals surface area contributed by atoms with E-state index in [1.807, 2.05) is 32.6 Å². The molecule has 0 radical (unpaired) electrons. The SMILES string of the molecule is Cc1csc(CNCC2(C)CCCN(C(=O)OC(C)(C)C)C2)n1. The molecule has 1 aromatic heterocycles. The second-order valence-electron chi connectivity index (χ2n) is 7.80. The number of ether oxygens (including phenoxy) is 1. The fraction of sp³-hybridized carbons (Fsp3) is 0.765. The number of amides is 1. The van der Waals surface area contributed by atoms with Gasteiger partial charge in [0.05, 0.1) is 0 Å². The second kappa shape index (κ2) is 7.18. The molecule has 1 unspecified atom stereocenters. The van der Waals surface area contributed by atoms with Crippen LogP contribution in [-0.2, 0) is 11.3 Å². The van der Waals surface area contributed by atoms with Gasteiger partial charge in [-0.2, -0.15) is 0 Å². The summed E-state index contributed by atoms with van der Waals surface area (Å²) in [5, 5.41) is 6.69. The Morgan fingerprint density at radius 3 is 2.87 bits per heavy atom. The number of carbonyl (C=O) groups excluding carboxylic acids is 1. The van der Waals surface area contributed by atoms with E-state index in [9.17, 15) is 4.79 Å². The molecule has 1 saturated heterocycles. The highest BCUT2D eigenvalue weighted by Crippen LogP contribution is 2.29. The molecule has 0 saturated carbocycles. The van der Waals surface area contributed by atoms with Crippen LogP contribution in [0.4, 0.5) is 4.79 Å². The van der Waals surface area contributed by atoms with E-state index in [-0.39, 0.29) is 11.5 Å². The van der Waals surface area contributed by atoms with Gasteiger partial charge in [0.2, 0.25) is 0 Å². The largest absolute Gasteiger partial charge is 0.444 e. The molecule has 0 aliphatic carbocycles. The summed E-state index contributed by atoms with van der Waals surface area (Å²) in [5.74, 6) is 0. The van der Waals surface area contributed by atoms with Crippen molar-refractivity contribution in [1.82, 2.24) is 15.2 Å². The van der Waals surface area contributed by atoms with Gasteiger partial charge in [-0.25, -0.2) is 9.78 Å². The van der Waals surface area contributed by atoms with Gasteiger partial charge in [0.25, 0.3) is 0 Å². The summed E-state index contributed by atoms with van der Waals surface area (Å²) in [5.41, 5.74) is 0.722. The number of aryl methyl sites for hydroxylation is 1. The Morgan fingerprint density at radius 1 is 1.52 bits per heavy atom. The van der Waals surface area contributed by atoms with Crippen LogP contribution in [0.2, 0.25) is 0 Å². The van der Waals surface area contributed by atoms with Crippen LogP contribution in [-0.4, -0.2) is 41.2 Å². The minimum Gasteiger partial charge on any atom is -0.444 e. The molecule has 1 N–H and O–H groups in total. The van der Waals surface area contributed by atoms with Crippen LogP contribution < -0.4 is 5.32 Å². The van der Waals surface area contributed by atoms with Gasteiger partial charge in [-0.05, 0) is 46.0 Å². The average molecular weight is 340 g/mol. The van der Waals surface area contributed by atoms with E-state index < -0.39 is 5.60 Å². The first-order valence-electron chi connectivity index (χ1n) is 8.27. The average Bonchev–Trinajstić information content (AvgIpc) is 2.82. The maximum absolute atomic E-state index is 12.3. The lowest BCUT2D eigenvalue weighted by molar-refractivity contribution is 0.00675. The van der Waals surface area contributed by atoms with Gasteiger partial charge in [0.1, 0.15) is 10.6 Å². The van der Waals surface area contributed by atoms with Crippen LogP contribution in [0.15, 0.2) is 5.38 Å². The molecule has 130 valence electrons. The molecule has 6 heteroatoms. The maximum atomic E-state index is 12.3. The van der Waals surface area contributed by atoms with Crippen LogP contribution in [0.5, 0.6) is 0 Å². The second-order valence-corrected chi connectivity index (χ2v) is 8.74. The summed E-state index contributed by atoms with van der Waals surface area (Å²) in [6, 6.07) is 0. The lowest BCUT2D eigenvalue weighted by Gasteiger charge is -2.41. The Labute approximate surface area is 143 Å². The Balaban J connectivity index is 1.84. The first-order chi connectivity index (χ1) is 10.7. The van der Waals surface area contributed by atoms with Gasteiger partial charge >= 0.3 is 6.09 Å². The van der Waals surface area contributed by atoms with Crippen LogP contribution >= 0.6 is 11.3 Å². The Kier molecular flexibility index (Phi) is 5.68. The quantitative estimate of drug-likeness (QED) is 0.911. The Hall–Kier alpha value is -1.14. The molecule has 0 aromatic carbocycles. The molecule has 23 heavy (non-hydrogen) atoms. The number of thiazole rings is 1. The number of piperidine rings is 1. The molecule has 1 atom stereocenters. The monoisotopic (exact) mass is 339 g/mol. The summed E-state index contributed by atoms with van der Waals surface area (Å²) < 4.78 is 5.51. The van der Waals surface area contributed by atoms with Crippen molar-refractivity contribution in [2.45, 2.75) is 59.6 Å². The molecule has 2 rings (SSSR count). The fourth-order valence-electron chi connectivity index (χ4n) is 2.90. The van der Waals surface area contributed by atoms with Crippen molar-refractivity contribution in [3.8, 4) is 0 Å². The number of hydrogen-bond acceptors (Lipinski definition) is 5. The zero-order chi connectivity index (χ0) is 17.1. The van der Waals surface area contributed by atoms with Crippen molar-refractivity contribution in [3.05, 3.63) is 16.1 Å². The summed E-state index contributed by atoms with van der Waals surface area (Å²) >= 11 is 1.69. The third-order valence-electron chi connectivity index (χ3n) is 3.93. The van der Waals surface area contributed by atoms with Crippen molar-refractivity contribution in [2.75, 3.05) is 19.6 Å². The predicted molar refractivity (Wildman–Crippen MR) is 93.7 cm³/mol. The predicted octanol–water partition coefficient (Wildman–Crippen LogP) is 3.58. The van der Waals surface area contributed by atoms with Crippen molar-refractivity contribution < 1.29 is 9.53 Å². The van der Waals surface area contributed by atoms with Crippen LogP contribution in [0.3, 0.4) is 0 Å². The van der Waals surface area contributed by atoms with E-state index in [1.54, 1.807) is 11.3 Å². The highest BCUT2D eigenvalue weighted by atomic mass is 32.1. The lowest BCUT2D eigenvalue weighted by Crippen LogP contribution is -2.50. The number of carbonyl (C=O) groups is 1. The molecule has 1 aliphatic rings. The van der Waals surface area contributed by atoms with Gasteiger partial charge in [0, 0.05) is 37.3 Å². The molecule has 1 fully saturated rings. The van der Waals surface area contributed by atoms with Crippen molar-refractivity contribution in [1.29, 1.82) is 0 Å². The van der Waals surface area contributed by atoms with Crippen molar-refractivity contribution >= 4 is 17.4 Å². The third-order valence-corrected chi connectivity index (χ3v) is 4.89. The molecule has 1 amide bonds. The topological polar surface area (TPSA) is 54.5 Å². The van der Waals surface area contributed by atoms with E-state index in [0.717, 1.165) is 49.7 Å². The molecular formula is C17H29N3O2S. The fourth-order valence-corrected chi connectivity index (χ4v) is 3.64. The van der Waals surface area contributed by atoms with Crippen LogP contribution in [0, 0.1) is 12.3 Å². The smallest absolute Gasteiger partial charge is 0.410 e. The summed E-state index contributed by atoms with van der Waals surface area (Å²) in [7, 11) is 0. The molecule has 0 spiro atoms. The van der Waals surface area contributed by atoms with Gasteiger partial charge in [0.15, 0.2) is 0 Å². The number of nitrogens with zero attached hydrogens (tertiary/aromatic N) is 2. The number of hydrogen-bond donors (Lipinski definition) is 1. The number of rotatable bonds is 4. The summed E-state index contributed by atoms with van der Waals surface area (Å²) in [6.45, 7) is 13.2. The van der Waals surface area contributed by atoms with Crippen LogP contribution in [0.1, 0.15) is 51.2 Å². The minimum absolute atomic E-state index is 0.0848. The van der Waals surface area contributed by atoms with E-state index >= 15 is 0 Å². The van der Waals surface area contributed by atoms with Gasteiger partial charge < -0.3 is 15.0 Å². The molecule has 2 heterocycles. The summed E-state index contributed by atoms with van der Waals surface area (Å²) in [4.78, 5) is 18.6. The van der Waals surface area contributed by atoms with Crippen LogP contribution in [0.25, 0.3) is 0 Å². The van der Waals surface area contributed by atoms with Gasteiger partial charge in [-0.3, -0.25) is 0 Å². The molecule has 1 aromatic rings. The Morgan fingerprint density at radius 2 is 2.26 bits per heavy atom. The highest BCUT2D eigenvalue weighted by molar-refractivity contribution is 7.09. The molecule has 5 nitrogen and oxygen atoms in total. The third kappa shape index (κ3) is 5.77. The first-order valence-corrected chi connectivity index (χ1v) is 9.15. The molecule has 1 aliphatic heterocycles. The van der Waals surface area contributed by atoms with E-state index in [4.69, 9.17) is 4.74 Å². The van der Waals surface area contributed by atoms with Gasteiger partial charge in [-0.1, -0.05) is 6.92 Å². The van der Waals surface area contributed by atoms with E-state index in [2.05, 4.69) is 22.6 Å². The number of nitrogens with one attached hydrogen (secondary N) is 1. The maximum Gasteiger partial charge on any atom is 0.410 e. The lowest BCUT2D eigenvalue weighted by atomic mass is 9.82. The molecular weight excluding hydrogens is 310 g/mol. The highest BCUT2D eigenvalue weighted by Gasteiger charge is 2.34. The standard InChI is InChI=1S/C17H29N3O2S/c1-13-10-23-14(19-13)9-18-11-17(5)7-6-8-20(12-17)15(21)22-16(2,3)4/h10,18H,6-9,11-12H2,1-5H3. The number of likely N-dealkylation sites (tertiary alicyclic amines) is 1. The van der Waals surface area contributed by atoms with Crippen molar-refractivity contribution in [3.63, 3.8) is 0 Å². The zero-order valence-electron chi connectivity index (χ0n) is 14.9. The van der Waals surface area contributed by atoms with Gasteiger partial charge in [-0.15, -0.1) is 11.3 Å². The first kappa shape index (κ1) is 18.2. The van der Waals surface area contributed by atoms with E-state index in [0.29, 0.717) is 0 Å². The van der Waals surface area contributed by atoms with E-state index in [1.165, 1.54) is 0 Å².